The molecule has 0 aliphatic carbocycles. The first-order chi connectivity index (χ1) is 13.6. The van der Waals surface area contributed by atoms with Crippen molar-refractivity contribution in [2.75, 3.05) is 11.4 Å². The van der Waals surface area contributed by atoms with Gasteiger partial charge in [0.25, 0.3) is 0 Å². The number of benzene rings is 1. The first kappa shape index (κ1) is 18.5. The van der Waals surface area contributed by atoms with Gasteiger partial charge in [-0.1, -0.05) is 18.2 Å². The van der Waals surface area contributed by atoms with E-state index in [1.54, 1.807) is 12.3 Å². The van der Waals surface area contributed by atoms with Crippen molar-refractivity contribution in [1.82, 2.24) is 9.97 Å². The number of hydrogen-bond acceptors (Lipinski definition) is 5. The molecule has 0 unspecified atom stereocenters. The second-order valence-electron chi connectivity index (χ2n) is 6.33. The first-order valence-electron chi connectivity index (χ1n) is 8.84. The van der Waals surface area contributed by atoms with Crippen LogP contribution in [0.4, 0.5) is 14.5 Å². The molecule has 0 bridgehead atoms. The number of thiazole rings is 1. The van der Waals surface area contributed by atoms with Gasteiger partial charge in [0.15, 0.2) is 0 Å². The summed E-state index contributed by atoms with van der Waals surface area (Å²) >= 11 is 1.42. The van der Waals surface area contributed by atoms with E-state index in [9.17, 15) is 13.6 Å². The maximum Gasteiger partial charge on any atom is 0.387 e. The molecule has 0 N–H and O–H groups in total. The lowest BCUT2D eigenvalue weighted by Crippen LogP contribution is -2.37. The third-order valence-electron chi connectivity index (χ3n) is 4.47. The Balaban J connectivity index is 1.56. The summed E-state index contributed by atoms with van der Waals surface area (Å²) in [6, 6.07) is 10.6. The van der Waals surface area contributed by atoms with Crippen LogP contribution in [0.1, 0.15) is 17.7 Å². The number of aromatic nitrogens is 2. The van der Waals surface area contributed by atoms with Gasteiger partial charge in [0.2, 0.25) is 5.91 Å². The zero-order valence-electron chi connectivity index (χ0n) is 14.8. The second-order valence-corrected chi connectivity index (χ2v) is 7.19. The van der Waals surface area contributed by atoms with Gasteiger partial charge in [-0.3, -0.25) is 9.78 Å². The molecule has 3 heterocycles. The van der Waals surface area contributed by atoms with E-state index < -0.39 is 6.61 Å². The van der Waals surface area contributed by atoms with Crippen LogP contribution < -0.4 is 9.64 Å². The van der Waals surface area contributed by atoms with Crippen LogP contribution in [0.2, 0.25) is 0 Å². The fourth-order valence-corrected chi connectivity index (χ4v) is 4.10. The highest BCUT2D eigenvalue weighted by Crippen LogP contribution is 2.37. The van der Waals surface area contributed by atoms with Crippen LogP contribution in [0.3, 0.4) is 0 Å². The van der Waals surface area contributed by atoms with Crippen molar-refractivity contribution in [2.45, 2.75) is 25.9 Å². The van der Waals surface area contributed by atoms with Gasteiger partial charge in [-0.2, -0.15) is 8.78 Å². The zero-order valence-corrected chi connectivity index (χ0v) is 15.7. The van der Waals surface area contributed by atoms with E-state index in [0.717, 1.165) is 29.1 Å². The third kappa shape index (κ3) is 3.87. The number of amides is 1. The second kappa shape index (κ2) is 8.02. The molecule has 0 fully saturated rings. The summed E-state index contributed by atoms with van der Waals surface area (Å²) < 4.78 is 30.2. The molecule has 0 saturated heterocycles. The highest BCUT2D eigenvalue weighted by molar-refractivity contribution is 7.13. The largest absolute Gasteiger partial charge is 0.433 e. The summed E-state index contributed by atoms with van der Waals surface area (Å²) in [7, 11) is 0. The number of para-hydroxylation sites is 1. The maximum atomic E-state index is 12.9. The van der Waals surface area contributed by atoms with Crippen LogP contribution in [0.5, 0.6) is 5.75 Å². The Morgan fingerprint density at radius 2 is 2.14 bits per heavy atom. The molecule has 8 heteroatoms. The molecule has 28 heavy (non-hydrogen) atoms. The van der Waals surface area contributed by atoms with Crippen LogP contribution in [-0.2, 0) is 17.6 Å². The van der Waals surface area contributed by atoms with E-state index in [1.807, 2.05) is 29.6 Å². The molecule has 4 rings (SSSR count). The minimum Gasteiger partial charge on any atom is -0.433 e. The number of alkyl halides is 2. The number of aryl methyl sites for hydroxylation is 1. The molecular weight excluding hydrogens is 384 g/mol. The lowest BCUT2D eigenvalue weighted by Gasteiger charge is -2.31. The van der Waals surface area contributed by atoms with Crippen molar-refractivity contribution in [2.24, 2.45) is 0 Å². The van der Waals surface area contributed by atoms with Crippen molar-refractivity contribution in [3.63, 3.8) is 0 Å². The van der Waals surface area contributed by atoms with E-state index in [-0.39, 0.29) is 18.1 Å². The van der Waals surface area contributed by atoms with Crippen molar-refractivity contribution in [1.29, 1.82) is 0 Å². The predicted molar refractivity (Wildman–Crippen MR) is 103 cm³/mol. The maximum absolute atomic E-state index is 12.9. The van der Waals surface area contributed by atoms with E-state index in [1.165, 1.54) is 22.3 Å². The quantitative estimate of drug-likeness (QED) is 0.639. The minimum atomic E-state index is -2.94. The summed E-state index contributed by atoms with van der Waals surface area (Å²) in [4.78, 5) is 23.2. The monoisotopic (exact) mass is 401 g/mol. The third-order valence-corrected chi connectivity index (χ3v) is 5.38. The van der Waals surface area contributed by atoms with Gasteiger partial charge in [0.1, 0.15) is 10.8 Å². The molecule has 5 nitrogen and oxygen atoms in total. The highest BCUT2D eigenvalue weighted by Gasteiger charge is 2.27. The molecule has 1 aliphatic rings. The fraction of sp³-hybridized carbons (Fsp3) is 0.250. The van der Waals surface area contributed by atoms with Crippen LogP contribution in [0.15, 0.2) is 48.0 Å². The number of carbonyl (C=O) groups excluding carboxylic acids is 1. The number of ether oxygens (including phenoxy) is 1. The first-order valence-corrected chi connectivity index (χ1v) is 9.72. The molecule has 0 atom stereocenters. The zero-order chi connectivity index (χ0) is 19.5. The van der Waals surface area contributed by atoms with E-state index in [2.05, 4.69) is 14.7 Å². The minimum absolute atomic E-state index is 0.0352. The number of carbonyl (C=O) groups is 1. The van der Waals surface area contributed by atoms with Gasteiger partial charge in [-0.05, 0) is 36.6 Å². The lowest BCUT2D eigenvalue weighted by atomic mass is 10.0. The van der Waals surface area contributed by atoms with Crippen molar-refractivity contribution >= 4 is 22.9 Å². The van der Waals surface area contributed by atoms with Gasteiger partial charge in [0, 0.05) is 18.1 Å². The molecular formula is C20H17F2N3O2S. The summed E-state index contributed by atoms with van der Waals surface area (Å²) in [6.07, 6.45) is 3.27. The summed E-state index contributed by atoms with van der Waals surface area (Å²) in [5.74, 6) is -0.155. The molecule has 1 aromatic carbocycles. The topological polar surface area (TPSA) is 55.3 Å². The summed E-state index contributed by atoms with van der Waals surface area (Å²) in [5.41, 5.74) is 2.67. The van der Waals surface area contributed by atoms with Crippen molar-refractivity contribution < 1.29 is 18.3 Å². The number of fused-ring (bicyclic) bond motifs is 1. The number of rotatable bonds is 5. The van der Waals surface area contributed by atoms with Crippen molar-refractivity contribution in [3.8, 4) is 16.5 Å². The number of pyridine rings is 1. The Labute approximate surface area is 164 Å². The SMILES string of the molecule is O=C(Cc1csc(-c2ccccn2)n1)N1CCCc2cccc(OC(F)F)c21. The Kier molecular flexibility index (Phi) is 5.29. The van der Waals surface area contributed by atoms with Crippen LogP contribution >= 0.6 is 11.3 Å². The standard InChI is InChI=1S/C20H17F2N3O2S/c21-20(22)27-16-8-3-5-13-6-4-10-25(18(13)16)17(26)11-14-12-28-19(24-14)15-7-1-2-9-23-15/h1-3,5,7-9,12,20H,4,6,10-11H2. The average Bonchev–Trinajstić information content (AvgIpc) is 3.16. The normalized spacial score (nSPS) is 13.5. The Hall–Kier alpha value is -2.87. The molecule has 0 saturated carbocycles. The van der Waals surface area contributed by atoms with E-state index in [4.69, 9.17) is 0 Å². The highest BCUT2D eigenvalue weighted by atomic mass is 32.1. The molecule has 0 radical (unpaired) electrons. The molecule has 3 aromatic rings. The number of halogens is 2. The summed E-state index contributed by atoms with van der Waals surface area (Å²) in [5, 5.41) is 2.57. The Morgan fingerprint density at radius 3 is 2.93 bits per heavy atom. The summed E-state index contributed by atoms with van der Waals surface area (Å²) in [6.45, 7) is -2.47. The van der Waals surface area contributed by atoms with Crippen LogP contribution in [0, 0.1) is 0 Å². The Bertz CT molecular complexity index is 979. The van der Waals surface area contributed by atoms with Gasteiger partial charge in [-0.15, -0.1) is 11.3 Å². The smallest absolute Gasteiger partial charge is 0.387 e. The van der Waals surface area contributed by atoms with Gasteiger partial charge in [0.05, 0.1) is 23.5 Å². The van der Waals surface area contributed by atoms with Gasteiger partial charge in [-0.25, -0.2) is 4.98 Å². The molecule has 1 amide bonds. The number of anilines is 1. The van der Waals surface area contributed by atoms with Crippen LogP contribution in [-0.4, -0.2) is 29.0 Å². The van der Waals surface area contributed by atoms with Crippen molar-refractivity contribution in [3.05, 3.63) is 59.2 Å². The number of nitrogens with zero attached hydrogens (tertiary/aromatic N) is 3. The van der Waals surface area contributed by atoms with Crippen LogP contribution in [0.25, 0.3) is 10.7 Å². The Morgan fingerprint density at radius 1 is 1.25 bits per heavy atom. The predicted octanol–water partition coefficient (Wildman–Crippen LogP) is 4.33. The average molecular weight is 401 g/mol. The number of hydrogen-bond donors (Lipinski definition) is 0. The molecule has 1 aliphatic heterocycles. The van der Waals surface area contributed by atoms with Gasteiger partial charge >= 0.3 is 6.61 Å². The van der Waals surface area contributed by atoms with E-state index >= 15 is 0 Å². The fourth-order valence-electron chi connectivity index (χ4n) is 3.30. The molecule has 0 spiro atoms. The molecule has 144 valence electrons. The van der Waals surface area contributed by atoms with E-state index in [0.29, 0.717) is 17.9 Å². The lowest BCUT2D eigenvalue weighted by molar-refractivity contribution is -0.118. The molecule has 2 aromatic heterocycles. The van der Waals surface area contributed by atoms with Gasteiger partial charge < -0.3 is 9.64 Å².